The van der Waals surface area contributed by atoms with Crippen LogP contribution in [0.25, 0.3) is 0 Å². The Morgan fingerprint density at radius 3 is 1.30 bits per heavy atom. The van der Waals surface area contributed by atoms with Crippen molar-refractivity contribution in [3.8, 4) is 0 Å². The number of Topliss-reactive ketones (excluding diaryl/α,β-unsaturated/α-hetero) is 1. The summed E-state index contributed by atoms with van der Waals surface area (Å²) in [6.45, 7) is 2.66. The first kappa shape index (κ1) is 30.4. The summed E-state index contributed by atoms with van der Waals surface area (Å²) >= 11 is 31.4. The number of rotatable bonds is 5. The maximum atomic E-state index is 15.1. The van der Waals surface area contributed by atoms with Crippen molar-refractivity contribution in [3.05, 3.63) is 139 Å². The lowest BCUT2D eigenvalue weighted by molar-refractivity contribution is -0.145. The Hall–Kier alpha value is -2.64. The fraction of sp³-hybridized carbons (Fsp3) is 0.235. The quantitative estimate of drug-likeness (QED) is 0.208. The number of thiocarbonyl (C=S) groups is 1. The van der Waals surface area contributed by atoms with Crippen molar-refractivity contribution in [1.29, 1.82) is 0 Å². The molecule has 2 saturated heterocycles. The lowest BCUT2D eigenvalue weighted by atomic mass is 9.63. The highest BCUT2D eigenvalue weighted by molar-refractivity contribution is 7.80. The summed E-state index contributed by atoms with van der Waals surface area (Å²) in [5, 5.41) is 10.4. The zero-order valence-corrected chi connectivity index (χ0v) is 27.0. The van der Waals surface area contributed by atoms with Crippen LogP contribution in [0.4, 0.5) is 0 Å². The summed E-state index contributed by atoms with van der Waals surface area (Å²) in [6.07, 6.45) is 0. The number of hydrogen-bond acceptors (Lipinski definition) is 3. The predicted octanol–water partition coefficient (Wildman–Crippen LogP) is 9.18. The van der Waals surface area contributed by atoms with Crippen LogP contribution in [0.3, 0.4) is 0 Å². The smallest absolute Gasteiger partial charge is 0.170 e. The van der Waals surface area contributed by atoms with Crippen molar-refractivity contribution in [2.45, 2.75) is 31.1 Å². The lowest BCUT2D eigenvalue weighted by Crippen LogP contribution is -2.63. The molecule has 2 N–H and O–H groups in total. The van der Waals surface area contributed by atoms with Gasteiger partial charge in [0, 0.05) is 38.7 Å². The van der Waals surface area contributed by atoms with Crippen LogP contribution in [0.5, 0.6) is 0 Å². The highest BCUT2D eigenvalue weighted by Gasteiger charge is 2.59. The number of nitrogens with one attached hydrogen (secondary N) is 2. The molecule has 9 heteroatoms. The van der Waals surface area contributed by atoms with Crippen molar-refractivity contribution in [2.75, 3.05) is 6.54 Å². The van der Waals surface area contributed by atoms with Gasteiger partial charge in [-0.1, -0.05) is 94.9 Å². The Bertz CT molecular complexity index is 1500. The van der Waals surface area contributed by atoms with Gasteiger partial charge in [-0.2, -0.15) is 0 Å². The molecule has 2 bridgehead atoms. The number of benzene rings is 4. The van der Waals surface area contributed by atoms with Gasteiger partial charge in [0.1, 0.15) is 5.78 Å². The second-order valence-corrected chi connectivity index (χ2v) is 13.0. The van der Waals surface area contributed by atoms with Gasteiger partial charge in [0.25, 0.3) is 0 Å². The van der Waals surface area contributed by atoms with Gasteiger partial charge in [-0.3, -0.25) is 4.79 Å². The van der Waals surface area contributed by atoms with E-state index in [9.17, 15) is 0 Å². The van der Waals surface area contributed by atoms with Crippen LogP contribution in [-0.2, 0) is 4.79 Å². The molecule has 0 radical (unpaired) electrons. The third kappa shape index (κ3) is 5.92. The molecular weight excluding hydrogens is 640 g/mol. The van der Waals surface area contributed by atoms with Gasteiger partial charge in [0.2, 0.25) is 0 Å². The molecule has 2 fully saturated rings. The Morgan fingerprint density at radius 2 is 0.977 bits per heavy atom. The maximum absolute atomic E-state index is 15.1. The standard InChI is InChI=1S/C34H29Cl4N3OS/c1-2-39-34(43)41-31(21-7-15-25(37)16-8-21)27-29(19-3-11-23(35)12-4-19)40-30(20-5-13-24(36)14-6-20)28(33(27)42)32(41)22-9-17-26(38)18-10-22/h3-18,27-32,40H,2H2,1H3,(H,39,43). The minimum atomic E-state index is -0.476. The molecule has 0 aliphatic carbocycles. The molecule has 6 unspecified atom stereocenters. The summed E-state index contributed by atoms with van der Waals surface area (Å²) in [4.78, 5) is 17.3. The molecule has 0 spiro atoms. The monoisotopic (exact) mass is 667 g/mol. The van der Waals surface area contributed by atoms with E-state index >= 15 is 4.79 Å². The molecule has 0 saturated carbocycles. The molecule has 0 aromatic heterocycles. The van der Waals surface area contributed by atoms with E-state index in [1.807, 2.05) is 104 Å². The molecule has 2 heterocycles. The second-order valence-electron chi connectivity index (χ2n) is 10.9. The zero-order valence-electron chi connectivity index (χ0n) is 23.2. The molecule has 4 aromatic carbocycles. The molecule has 0 amide bonds. The third-order valence-electron chi connectivity index (χ3n) is 8.46. The molecule has 2 aliphatic heterocycles. The van der Waals surface area contributed by atoms with Gasteiger partial charge in [0.15, 0.2) is 5.11 Å². The molecule has 6 atom stereocenters. The first-order valence-electron chi connectivity index (χ1n) is 14.1. The average Bonchev–Trinajstić information content (AvgIpc) is 2.99. The van der Waals surface area contributed by atoms with Crippen LogP contribution in [0.1, 0.15) is 53.3 Å². The number of carbonyl (C=O) groups excluding carboxylic acids is 1. The van der Waals surface area contributed by atoms with Crippen LogP contribution in [0, 0.1) is 11.8 Å². The van der Waals surface area contributed by atoms with Crippen molar-refractivity contribution >= 4 is 69.5 Å². The fourth-order valence-corrected chi connectivity index (χ4v) is 7.52. The van der Waals surface area contributed by atoms with E-state index in [1.54, 1.807) is 0 Å². The molecule has 4 aromatic rings. The normalized spacial score (nSPS) is 25.0. The molecule has 2 aliphatic rings. The van der Waals surface area contributed by atoms with Crippen molar-refractivity contribution in [2.24, 2.45) is 11.8 Å². The van der Waals surface area contributed by atoms with E-state index in [4.69, 9.17) is 58.6 Å². The van der Waals surface area contributed by atoms with Gasteiger partial charge >= 0.3 is 0 Å². The van der Waals surface area contributed by atoms with Crippen LogP contribution in [-0.4, -0.2) is 22.3 Å². The largest absolute Gasteiger partial charge is 0.363 e. The number of ketones is 1. The number of fused-ring (bicyclic) bond motifs is 2. The third-order valence-corrected chi connectivity index (χ3v) is 9.82. The average molecular weight is 670 g/mol. The number of likely N-dealkylation sites (tertiary alicyclic amines) is 1. The fourth-order valence-electron chi connectivity index (χ4n) is 6.64. The second kappa shape index (κ2) is 12.8. The van der Waals surface area contributed by atoms with E-state index < -0.39 is 23.9 Å². The van der Waals surface area contributed by atoms with E-state index in [0.717, 1.165) is 22.3 Å². The van der Waals surface area contributed by atoms with E-state index in [2.05, 4.69) is 15.5 Å². The van der Waals surface area contributed by atoms with Crippen molar-refractivity contribution in [1.82, 2.24) is 15.5 Å². The first-order valence-corrected chi connectivity index (χ1v) is 16.1. The Kier molecular flexibility index (Phi) is 9.02. The Labute approximate surface area is 277 Å². The van der Waals surface area contributed by atoms with Gasteiger partial charge in [-0.25, -0.2) is 0 Å². The molecule has 220 valence electrons. The van der Waals surface area contributed by atoms with Crippen molar-refractivity contribution in [3.63, 3.8) is 0 Å². The van der Waals surface area contributed by atoms with Gasteiger partial charge < -0.3 is 15.5 Å². The molecule has 43 heavy (non-hydrogen) atoms. The van der Waals surface area contributed by atoms with Gasteiger partial charge in [-0.05, 0) is 89.9 Å². The van der Waals surface area contributed by atoms with E-state index in [1.165, 1.54) is 0 Å². The Balaban J connectivity index is 1.62. The first-order chi connectivity index (χ1) is 20.8. The predicted molar refractivity (Wildman–Crippen MR) is 180 cm³/mol. The van der Waals surface area contributed by atoms with E-state index in [0.29, 0.717) is 31.7 Å². The van der Waals surface area contributed by atoms with Gasteiger partial charge in [0.05, 0.1) is 23.9 Å². The minimum Gasteiger partial charge on any atom is -0.363 e. The van der Waals surface area contributed by atoms with Crippen LogP contribution in [0.2, 0.25) is 20.1 Å². The summed E-state index contributed by atoms with van der Waals surface area (Å²) in [7, 11) is 0. The lowest BCUT2D eigenvalue weighted by Gasteiger charge is -2.57. The molecule has 6 rings (SSSR count). The maximum Gasteiger partial charge on any atom is 0.170 e. The number of carbonyl (C=O) groups is 1. The van der Waals surface area contributed by atoms with E-state index in [-0.39, 0.29) is 17.9 Å². The zero-order chi connectivity index (χ0) is 30.2. The topological polar surface area (TPSA) is 44.4 Å². The minimum absolute atomic E-state index is 0.161. The summed E-state index contributed by atoms with van der Waals surface area (Å²) in [5.41, 5.74) is 3.84. The number of nitrogens with zero attached hydrogens (tertiary/aromatic N) is 1. The van der Waals surface area contributed by atoms with Crippen molar-refractivity contribution < 1.29 is 4.79 Å². The molecular formula is C34H29Cl4N3OS. The number of hydrogen-bond donors (Lipinski definition) is 2. The van der Waals surface area contributed by atoms with Crippen LogP contribution >= 0.6 is 58.6 Å². The molecule has 4 nitrogen and oxygen atoms in total. The van der Waals surface area contributed by atoms with Crippen LogP contribution < -0.4 is 10.6 Å². The Morgan fingerprint density at radius 1 is 0.651 bits per heavy atom. The number of halogens is 4. The summed E-state index contributed by atoms with van der Waals surface area (Å²) in [5.74, 6) is -0.791. The number of piperidine rings is 2. The van der Waals surface area contributed by atoms with Gasteiger partial charge in [-0.15, -0.1) is 0 Å². The van der Waals surface area contributed by atoms with Crippen LogP contribution in [0.15, 0.2) is 97.1 Å². The highest BCUT2D eigenvalue weighted by Crippen LogP contribution is 2.57. The summed E-state index contributed by atoms with van der Waals surface area (Å²) in [6, 6.07) is 29.4. The highest BCUT2D eigenvalue weighted by atomic mass is 35.5. The SMILES string of the molecule is CCNC(=S)N1C(c2ccc(Cl)cc2)C2C(=O)C(C(c3ccc(Cl)cc3)NC2c2ccc(Cl)cc2)C1c1ccc(Cl)cc1. The summed E-state index contributed by atoms with van der Waals surface area (Å²) < 4.78 is 0.